The summed E-state index contributed by atoms with van der Waals surface area (Å²) in [4.78, 5) is 22.9. The maximum absolute atomic E-state index is 10.8. The van der Waals surface area contributed by atoms with E-state index in [9.17, 15) is 9.59 Å². The minimum Gasteiger partial charge on any atom is -0.481 e. The lowest BCUT2D eigenvalue weighted by molar-refractivity contribution is -0.150. The van der Waals surface area contributed by atoms with Crippen molar-refractivity contribution < 1.29 is 19.8 Å². The van der Waals surface area contributed by atoms with Crippen LogP contribution in [0.4, 0.5) is 0 Å². The molecule has 0 saturated carbocycles. The monoisotopic (exact) mass is 202 g/mol. The standard InChI is InChI=1S/C8H14N2O4/c11-7(12)5-6(8(13)14)10-3-1-9-2-4-10/h6,9H,1-5H2,(H,11,12)(H,13,14). The number of nitrogens with zero attached hydrogens (tertiary/aromatic N) is 1. The Kier molecular flexibility index (Phi) is 3.84. The minimum absolute atomic E-state index is 0.338. The molecule has 1 unspecified atom stereocenters. The molecule has 0 aromatic carbocycles. The molecule has 0 spiro atoms. The number of rotatable bonds is 4. The molecule has 1 fully saturated rings. The van der Waals surface area contributed by atoms with Crippen molar-refractivity contribution in [2.75, 3.05) is 26.2 Å². The van der Waals surface area contributed by atoms with E-state index in [-0.39, 0.29) is 6.42 Å². The van der Waals surface area contributed by atoms with Gasteiger partial charge >= 0.3 is 11.9 Å². The zero-order valence-corrected chi connectivity index (χ0v) is 7.77. The summed E-state index contributed by atoms with van der Waals surface area (Å²) in [6.07, 6.45) is -0.338. The van der Waals surface area contributed by atoms with E-state index in [0.717, 1.165) is 0 Å². The number of carboxylic acids is 2. The number of aliphatic carboxylic acids is 2. The van der Waals surface area contributed by atoms with E-state index in [2.05, 4.69) is 5.32 Å². The lowest BCUT2D eigenvalue weighted by Crippen LogP contribution is -2.51. The van der Waals surface area contributed by atoms with Crippen LogP contribution in [-0.2, 0) is 9.59 Å². The van der Waals surface area contributed by atoms with Gasteiger partial charge in [-0.2, -0.15) is 0 Å². The fraction of sp³-hybridized carbons (Fsp3) is 0.750. The van der Waals surface area contributed by atoms with Crippen LogP contribution in [0.1, 0.15) is 6.42 Å². The second-order valence-corrected chi connectivity index (χ2v) is 3.24. The largest absolute Gasteiger partial charge is 0.481 e. The molecule has 1 atom stereocenters. The van der Waals surface area contributed by atoms with Crippen molar-refractivity contribution in [2.45, 2.75) is 12.5 Å². The highest BCUT2D eigenvalue weighted by Gasteiger charge is 2.28. The molecule has 0 aromatic rings. The van der Waals surface area contributed by atoms with Gasteiger partial charge in [0.25, 0.3) is 0 Å². The molecule has 1 rings (SSSR count). The smallest absolute Gasteiger partial charge is 0.321 e. The molecule has 14 heavy (non-hydrogen) atoms. The van der Waals surface area contributed by atoms with Crippen molar-refractivity contribution >= 4 is 11.9 Å². The lowest BCUT2D eigenvalue weighted by atomic mass is 10.1. The molecular weight excluding hydrogens is 188 g/mol. The number of hydrogen-bond donors (Lipinski definition) is 3. The Balaban J connectivity index is 2.56. The van der Waals surface area contributed by atoms with E-state index in [1.165, 1.54) is 0 Å². The first-order chi connectivity index (χ1) is 6.61. The van der Waals surface area contributed by atoms with Crippen LogP contribution < -0.4 is 5.32 Å². The van der Waals surface area contributed by atoms with Gasteiger partial charge in [0.2, 0.25) is 0 Å². The molecule has 0 amide bonds. The zero-order chi connectivity index (χ0) is 10.6. The summed E-state index contributed by atoms with van der Waals surface area (Å²) in [6, 6.07) is -0.894. The average molecular weight is 202 g/mol. The number of nitrogens with one attached hydrogen (secondary N) is 1. The third kappa shape index (κ3) is 2.97. The van der Waals surface area contributed by atoms with Crippen molar-refractivity contribution in [3.63, 3.8) is 0 Å². The Bertz CT molecular complexity index is 225. The molecule has 3 N–H and O–H groups in total. The molecule has 1 heterocycles. The fourth-order valence-corrected chi connectivity index (χ4v) is 1.53. The molecule has 1 saturated heterocycles. The normalized spacial score (nSPS) is 20.3. The van der Waals surface area contributed by atoms with Gasteiger partial charge < -0.3 is 15.5 Å². The first-order valence-corrected chi connectivity index (χ1v) is 4.50. The van der Waals surface area contributed by atoms with Gasteiger partial charge in [0.1, 0.15) is 6.04 Å². The van der Waals surface area contributed by atoms with E-state index in [0.29, 0.717) is 26.2 Å². The SMILES string of the molecule is O=C(O)CC(C(=O)O)N1CCNCC1. The van der Waals surface area contributed by atoms with E-state index >= 15 is 0 Å². The van der Waals surface area contributed by atoms with Crippen LogP contribution in [0, 0.1) is 0 Å². The Morgan fingerprint density at radius 3 is 2.29 bits per heavy atom. The van der Waals surface area contributed by atoms with Gasteiger partial charge in [-0.3, -0.25) is 14.5 Å². The third-order valence-electron chi connectivity index (χ3n) is 2.25. The van der Waals surface area contributed by atoms with Gasteiger partial charge in [0.05, 0.1) is 6.42 Å². The summed E-state index contributed by atoms with van der Waals surface area (Å²) in [5, 5.41) is 20.5. The molecule has 0 aromatic heterocycles. The first kappa shape index (κ1) is 10.9. The van der Waals surface area contributed by atoms with Crippen LogP contribution in [0.5, 0.6) is 0 Å². The summed E-state index contributed by atoms with van der Waals surface area (Å²) in [5.41, 5.74) is 0. The average Bonchev–Trinajstić information content (AvgIpc) is 2.15. The Labute approximate surface area is 81.5 Å². The van der Waals surface area contributed by atoms with Gasteiger partial charge in [-0.15, -0.1) is 0 Å². The second kappa shape index (κ2) is 4.92. The van der Waals surface area contributed by atoms with Crippen LogP contribution in [0.3, 0.4) is 0 Å². The van der Waals surface area contributed by atoms with Gasteiger partial charge in [-0.05, 0) is 0 Å². The van der Waals surface area contributed by atoms with Crippen molar-refractivity contribution in [3.05, 3.63) is 0 Å². The number of piperazine rings is 1. The molecule has 80 valence electrons. The highest BCUT2D eigenvalue weighted by Crippen LogP contribution is 2.06. The Morgan fingerprint density at radius 2 is 1.86 bits per heavy atom. The summed E-state index contributed by atoms with van der Waals surface area (Å²) in [6.45, 7) is 2.60. The summed E-state index contributed by atoms with van der Waals surface area (Å²) >= 11 is 0. The van der Waals surface area contributed by atoms with Gasteiger partial charge in [0.15, 0.2) is 0 Å². The lowest BCUT2D eigenvalue weighted by Gasteiger charge is -2.31. The first-order valence-electron chi connectivity index (χ1n) is 4.50. The fourth-order valence-electron chi connectivity index (χ4n) is 1.53. The predicted molar refractivity (Wildman–Crippen MR) is 48.1 cm³/mol. The number of hydrogen-bond acceptors (Lipinski definition) is 4. The van der Waals surface area contributed by atoms with Crippen molar-refractivity contribution in [1.82, 2.24) is 10.2 Å². The van der Waals surface area contributed by atoms with E-state index in [1.54, 1.807) is 4.90 Å². The van der Waals surface area contributed by atoms with Crippen LogP contribution in [-0.4, -0.2) is 59.3 Å². The summed E-state index contributed by atoms with van der Waals surface area (Å²) < 4.78 is 0. The maximum atomic E-state index is 10.8. The van der Waals surface area contributed by atoms with E-state index in [1.807, 2.05) is 0 Å². The van der Waals surface area contributed by atoms with Crippen LogP contribution in [0.2, 0.25) is 0 Å². The second-order valence-electron chi connectivity index (χ2n) is 3.24. The summed E-state index contributed by atoms with van der Waals surface area (Å²) in [7, 11) is 0. The Hall–Kier alpha value is -1.14. The molecular formula is C8H14N2O4. The maximum Gasteiger partial charge on any atom is 0.321 e. The Morgan fingerprint density at radius 1 is 1.29 bits per heavy atom. The molecule has 0 radical (unpaired) electrons. The third-order valence-corrected chi connectivity index (χ3v) is 2.25. The number of carbonyl (C=O) groups is 2. The zero-order valence-electron chi connectivity index (χ0n) is 7.77. The topological polar surface area (TPSA) is 89.9 Å². The van der Waals surface area contributed by atoms with E-state index < -0.39 is 18.0 Å². The highest BCUT2D eigenvalue weighted by molar-refractivity contribution is 5.80. The van der Waals surface area contributed by atoms with E-state index in [4.69, 9.17) is 10.2 Å². The van der Waals surface area contributed by atoms with Crippen LogP contribution in [0.25, 0.3) is 0 Å². The van der Waals surface area contributed by atoms with Crippen LogP contribution in [0.15, 0.2) is 0 Å². The van der Waals surface area contributed by atoms with Gasteiger partial charge in [0, 0.05) is 26.2 Å². The summed E-state index contributed by atoms with van der Waals surface area (Å²) in [5.74, 6) is -2.13. The molecule has 6 heteroatoms. The number of carboxylic acid groups (broad SMARTS) is 2. The predicted octanol–water partition coefficient (Wildman–Crippen LogP) is -1.18. The highest BCUT2D eigenvalue weighted by atomic mass is 16.4. The minimum atomic E-state index is -1.07. The molecule has 0 aliphatic carbocycles. The molecule has 1 aliphatic rings. The quantitative estimate of drug-likeness (QED) is 0.531. The van der Waals surface area contributed by atoms with Crippen molar-refractivity contribution in [1.29, 1.82) is 0 Å². The van der Waals surface area contributed by atoms with Gasteiger partial charge in [-0.1, -0.05) is 0 Å². The van der Waals surface area contributed by atoms with Crippen molar-refractivity contribution in [2.24, 2.45) is 0 Å². The van der Waals surface area contributed by atoms with Crippen LogP contribution >= 0.6 is 0 Å². The molecule has 1 aliphatic heterocycles. The molecule has 6 nitrogen and oxygen atoms in total. The van der Waals surface area contributed by atoms with Gasteiger partial charge in [-0.25, -0.2) is 0 Å². The van der Waals surface area contributed by atoms with Crippen molar-refractivity contribution in [3.8, 4) is 0 Å². The molecule has 0 bridgehead atoms.